The maximum atomic E-state index is 10.8. The van der Waals surface area contributed by atoms with E-state index in [0.717, 1.165) is 16.3 Å². The molecular weight excluding hydrogens is 306 g/mol. The number of nitriles is 1. The van der Waals surface area contributed by atoms with Crippen LogP contribution >= 0.6 is 15.9 Å². The van der Waals surface area contributed by atoms with Crippen molar-refractivity contribution in [3.8, 4) is 11.8 Å². The van der Waals surface area contributed by atoms with Crippen LogP contribution in [0.3, 0.4) is 0 Å². The average Bonchev–Trinajstić information content (AvgIpc) is 2.46. The fourth-order valence-electron chi connectivity index (χ4n) is 1.62. The first kappa shape index (κ1) is 13.3. The molecule has 0 spiro atoms. The van der Waals surface area contributed by atoms with Crippen molar-refractivity contribution >= 4 is 22.2 Å². The molecule has 4 heteroatoms. The molecular formula is C15H10BrNO2. The van der Waals surface area contributed by atoms with Crippen molar-refractivity contribution in [3.63, 3.8) is 0 Å². The molecule has 0 N–H and O–H groups in total. The van der Waals surface area contributed by atoms with Gasteiger partial charge in [0.05, 0.1) is 11.6 Å². The van der Waals surface area contributed by atoms with Crippen LogP contribution in [0.5, 0.6) is 5.75 Å². The normalized spacial score (nSPS) is 9.68. The molecule has 94 valence electrons. The first-order valence-electron chi connectivity index (χ1n) is 5.60. The van der Waals surface area contributed by atoms with E-state index in [-0.39, 0.29) is 0 Å². The van der Waals surface area contributed by atoms with Crippen LogP contribution in [0.15, 0.2) is 46.9 Å². The zero-order chi connectivity index (χ0) is 13.7. The molecule has 0 aromatic heterocycles. The van der Waals surface area contributed by atoms with Crippen molar-refractivity contribution in [3.05, 3.63) is 63.6 Å². The van der Waals surface area contributed by atoms with E-state index in [4.69, 9.17) is 10.00 Å². The number of benzene rings is 2. The molecule has 0 unspecified atom stereocenters. The Kier molecular flexibility index (Phi) is 4.32. The van der Waals surface area contributed by atoms with E-state index >= 15 is 0 Å². The number of nitrogens with zero attached hydrogens (tertiary/aromatic N) is 1. The van der Waals surface area contributed by atoms with Crippen molar-refractivity contribution in [2.75, 3.05) is 0 Å². The largest absolute Gasteiger partial charge is 0.489 e. The van der Waals surface area contributed by atoms with Crippen LogP contribution in [0.1, 0.15) is 21.5 Å². The van der Waals surface area contributed by atoms with Crippen LogP contribution in [0, 0.1) is 11.3 Å². The molecule has 0 aliphatic rings. The summed E-state index contributed by atoms with van der Waals surface area (Å²) in [5.41, 5.74) is 1.95. The standard InChI is InChI=1S/C15H10BrNO2/c16-15-6-5-14(7-13(15)9-18)19-10-12-4-2-1-3-11(12)8-17/h1-7,9H,10H2. The molecule has 0 heterocycles. The smallest absolute Gasteiger partial charge is 0.151 e. The average molecular weight is 316 g/mol. The van der Waals surface area contributed by atoms with Gasteiger partial charge in [-0.05, 0) is 24.3 Å². The molecule has 2 rings (SSSR count). The zero-order valence-electron chi connectivity index (χ0n) is 9.97. The van der Waals surface area contributed by atoms with Gasteiger partial charge < -0.3 is 4.74 Å². The van der Waals surface area contributed by atoms with Crippen LogP contribution in [0.2, 0.25) is 0 Å². The Morgan fingerprint density at radius 1 is 1.26 bits per heavy atom. The first-order valence-corrected chi connectivity index (χ1v) is 6.39. The minimum Gasteiger partial charge on any atom is -0.489 e. The Bertz CT molecular complexity index is 647. The molecule has 0 atom stereocenters. The van der Waals surface area contributed by atoms with Gasteiger partial charge in [0, 0.05) is 15.6 Å². The lowest BCUT2D eigenvalue weighted by atomic mass is 10.1. The fraction of sp³-hybridized carbons (Fsp3) is 0.0667. The molecule has 19 heavy (non-hydrogen) atoms. The number of carbonyl (C=O) groups excluding carboxylic acids is 1. The lowest BCUT2D eigenvalue weighted by molar-refractivity contribution is 0.112. The number of aldehydes is 1. The van der Waals surface area contributed by atoms with Crippen LogP contribution in [-0.2, 0) is 6.61 Å². The highest BCUT2D eigenvalue weighted by Crippen LogP contribution is 2.22. The van der Waals surface area contributed by atoms with Crippen LogP contribution < -0.4 is 4.74 Å². The zero-order valence-corrected chi connectivity index (χ0v) is 11.6. The predicted octanol–water partition coefficient (Wildman–Crippen LogP) is 3.71. The van der Waals surface area contributed by atoms with E-state index in [2.05, 4.69) is 22.0 Å². The number of hydrogen-bond acceptors (Lipinski definition) is 3. The van der Waals surface area contributed by atoms with Crippen molar-refractivity contribution in [2.24, 2.45) is 0 Å². The number of ether oxygens (including phenoxy) is 1. The van der Waals surface area contributed by atoms with Gasteiger partial charge in [0.15, 0.2) is 6.29 Å². The summed E-state index contributed by atoms with van der Waals surface area (Å²) in [5.74, 6) is 0.595. The van der Waals surface area contributed by atoms with Gasteiger partial charge in [-0.3, -0.25) is 4.79 Å². The summed E-state index contributed by atoms with van der Waals surface area (Å²) in [4.78, 5) is 10.8. The van der Waals surface area contributed by atoms with Gasteiger partial charge in [-0.15, -0.1) is 0 Å². The molecule has 2 aromatic rings. The minimum atomic E-state index is 0.295. The molecule has 0 bridgehead atoms. The molecule has 0 amide bonds. The van der Waals surface area contributed by atoms with Crippen molar-refractivity contribution in [2.45, 2.75) is 6.61 Å². The molecule has 2 aromatic carbocycles. The number of rotatable bonds is 4. The first-order chi connectivity index (χ1) is 9.24. The van der Waals surface area contributed by atoms with Crippen LogP contribution in [0.25, 0.3) is 0 Å². The van der Waals surface area contributed by atoms with Crippen LogP contribution in [-0.4, -0.2) is 6.29 Å². The second-order valence-corrected chi connectivity index (χ2v) is 4.71. The number of carbonyl (C=O) groups is 1. The van der Waals surface area contributed by atoms with Gasteiger partial charge in [0.2, 0.25) is 0 Å². The highest BCUT2D eigenvalue weighted by molar-refractivity contribution is 9.10. The van der Waals surface area contributed by atoms with Crippen molar-refractivity contribution in [1.82, 2.24) is 0 Å². The quantitative estimate of drug-likeness (QED) is 0.808. The lowest BCUT2D eigenvalue weighted by Crippen LogP contribution is -1.98. The second kappa shape index (κ2) is 6.17. The Balaban J connectivity index is 2.15. The van der Waals surface area contributed by atoms with Gasteiger partial charge in [0.1, 0.15) is 12.4 Å². The number of halogens is 1. The van der Waals surface area contributed by atoms with Gasteiger partial charge in [-0.1, -0.05) is 34.1 Å². The monoisotopic (exact) mass is 315 g/mol. The number of hydrogen-bond donors (Lipinski definition) is 0. The fourth-order valence-corrected chi connectivity index (χ4v) is 1.96. The van der Waals surface area contributed by atoms with E-state index in [1.54, 1.807) is 24.3 Å². The van der Waals surface area contributed by atoms with Gasteiger partial charge in [-0.2, -0.15) is 5.26 Å². The third-order valence-corrected chi connectivity index (χ3v) is 3.35. The van der Waals surface area contributed by atoms with E-state index in [1.807, 2.05) is 18.2 Å². The summed E-state index contributed by atoms with van der Waals surface area (Å²) in [6.07, 6.45) is 0.764. The van der Waals surface area contributed by atoms with Crippen molar-refractivity contribution < 1.29 is 9.53 Å². The molecule has 0 fully saturated rings. The Labute approximate surface area is 119 Å². The summed E-state index contributed by atoms with van der Waals surface area (Å²) >= 11 is 3.28. The molecule has 3 nitrogen and oxygen atoms in total. The third kappa shape index (κ3) is 3.21. The molecule has 0 aliphatic heterocycles. The van der Waals surface area contributed by atoms with E-state index < -0.39 is 0 Å². The topological polar surface area (TPSA) is 50.1 Å². The van der Waals surface area contributed by atoms with Gasteiger partial charge in [-0.25, -0.2) is 0 Å². The Hall–Kier alpha value is -2.12. The highest BCUT2D eigenvalue weighted by atomic mass is 79.9. The van der Waals surface area contributed by atoms with Gasteiger partial charge in [0.25, 0.3) is 0 Å². The predicted molar refractivity (Wildman–Crippen MR) is 75.0 cm³/mol. The third-order valence-electron chi connectivity index (χ3n) is 2.63. The second-order valence-electron chi connectivity index (χ2n) is 3.86. The summed E-state index contributed by atoms with van der Waals surface area (Å²) in [5, 5.41) is 8.98. The summed E-state index contributed by atoms with van der Waals surface area (Å²) < 4.78 is 6.33. The van der Waals surface area contributed by atoms with Gasteiger partial charge >= 0.3 is 0 Å². The summed E-state index contributed by atoms with van der Waals surface area (Å²) in [6, 6.07) is 14.6. The molecule has 0 saturated heterocycles. The lowest BCUT2D eigenvalue weighted by Gasteiger charge is -2.08. The molecule has 0 saturated carbocycles. The maximum absolute atomic E-state index is 10.8. The minimum absolute atomic E-state index is 0.295. The van der Waals surface area contributed by atoms with E-state index in [9.17, 15) is 4.79 Å². The molecule has 0 aliphatic carbocycles. The SMILES string of the molecule is N#Cc1ccccc1COc1ccc(Br)c(C=O)c1. The van der Waals surface area contributed by atoms with Crippen LogP contribution in [0.4, 0.5) is 0 Å². The highest BCUT2D eigenvalue weighted by Gasteiger charge is 2.04. The van der Waals surface area contributed by atoms with Crippen molar-refractivity contribution in [1.29, 1.82) is 5.26 Å². The maximum Gasteiger partial charge on any atom is 0.151 e. The summed E-state index contributed by atoms with van der Waals surface area (Å²) in [7, 11) is 0. The Morgan fingerprint density at radius 3 is 2.79 bits per heavy atom. The Morgan fingerprint density at radius 2 is 2.05 bits per heavy atom. The summed E-state index contributed by atoms with van der Waals surface area (Å²) in [6.45, 7) is 0.295. The van der Waals surface area contributed by atoms with E-state index in [0.29, 0.717) is 23.5 Å². The van der Waals surface area contributed by atoms with E-state index in [1.165, 1.54) is 0 Å². The molecule has 0 radical (unpaired) electrons.